The van der Waals surface area contributed by atoms with Gasteiger partial charge in [-0.05, 0) is 38.8 Å². The van der Waals surface area contributed by atoms with E-state index in [1.165, 1.54) is 18.0 Å². The minimum atomic E-state index is -0.146. The molecule has 0 aliphatic rings. The number of anilines is 2. The normalized spacial score (nSPS) is 11.8. The van der Waals surface area contributed by atoms with Crippen LogP contribution in [0, 0.1) is 13.8 Å². The summed E-state index contributed by atoms with van der Waals surface area (Å²) >= 11 is 0. The Balaban J connectivity index is 2.07. The van der Waals surface area contributed by atoms with Crippen LogP contribution >= 0.6 is 0 Å². The van der Waals surface area contributed by atoms with Gasteiger partial charge in [0.25, 0.3) is 5.91 Å². The molecule has 0 radical (unpaired) electrons. The van der Waals surface area contributed by atoms with Crippen LogP contribution in [0.3, 0.4) is 0 Å². The van der Waals surface area contributed by atoms with Gasteiger partial charge in [-0.15, -0.1) is 0 Å². The Kier molecular flexibility index (Phi) is 5.09. The van der Waals surface area contributed by atoms with E-state index in [2.05, 4.69) is 33.6 Å². The van der Waals surface area contributed by atoms with Crippen LogP contribution in [-0.2, 0) is 0 Å². The molecule has 1 unspecified atom stereocenters. The molecule has 0 aliphatic carbocycles. The molecule has 0 spiro atoms. The molecule has 0 saturated carbocycles. The number of nitrogens with one attached hydrogen (secondary N) is 2. The number of nitrogens with zero attached hydrogens (tertiary/aromatic N) is 2. The first-order valence-corrected chi connectivity index (χ1v) is 7.46. The lowest BCUT2D eigenvalue weighted by atomic mass is 10.1. The van der Waals surface area contributed by atoms with Gasteiger partial charge >= 0.3 is 0 Å². The first-order valence-electron chi connectivity index (χ1n) is 7.46. The molecule has 2 rings (SSSR count). The molecule has 1 atom stereocenters. The fourth-order valence-electron chi connectivity index (χ4n) is 1.99. The van der Waals surface area contributed by atoms with E-state index >= 15 is 0 Å². The molecule has 22 heavy (non-hydrogen) atoms. The Morgan fingerprint density at radius 1 is 1.23 bits per heavy atom. The summed E-state index contributed by atoms with van der Waals surface area (Å²) in [5.41, 5.74) is 3.76. The van der Waals surface area contributed by atoms with Crippen molar-refractivity contribution in [1.82, 2.24) is 15.3 Å². The summed E-state index contributed by atoms with van der Waals surface area (Å²) in [5, 5.41) is 6.05. The molecule has 0 fully saturated rings. The highest BCUT2D eigenvalue weighted by atomic mass is 16.1. The molecule has 2 aromatic rings. The van der Waals surface area contributed by atoms with Gasteiger partial charge in [-0.25, -0.2) is 9.97 Å². The Morgan fingerprint density at radius 2 is 1.91 bits per heavy atom. The summed E-state index contributed by atoms with van der Waals surface area (Å²) in [5.74, 6) is 0.333. The first-order chi connectivity index (χ1) is 10.5. The predicted octanol–water partition coefficient (Wildman–Crippen LogP) is 3.37. The maximum atomic E-state index is 12.0. The molecule has 0 aliphatic heterocycles. The van der Waals surface area contributed by atoms with Crippen molar-refractivity contribution in [3.8, 4) is 0 Å². The van der Waals surface area contributed by atoms with Crippen LogP contribution in [0.25, 0.3) is 0 Å². The summed E-state index contributed by atoms with van der Waals surface area (Å²) in [6.45, 7) is 8.08. The molecule has 0 bridgehead atoms. The smallest absolute Gasteiger partial charge is 0.254 e. The van der Waals surface area contributed by atoms with Crippen LogP contribution in [0.2, 0.25) is 0 Å². The lowest BCUT2D eigenvalue weighted by Crippen LogP contribution is -2.32. The van der Waals surface area contributed by atoms with Crippen molar-refractivity contribution >= 4 is 17.5 Å². The monoisotopic (exact) mass is 298 g/mol. The second-order valence-corrected chi connectivity index (χ2v) is 5.52. The van der Waals surface area contributed by atoms with Crippen LogP contribution in [0.1, 0.15) is 41.8 Å². The standard InChI is InChI=1S/C17H22N4O/c1-5-13(4)20-16(22)14-9-18-17(19-10-14)21-15-7-6-11(2)8-12(15)3/h6-10,13H,5H2,1-4H3,(H,20,22)(H,18,19,21). The van der Waals surface area contributed by atoms with Crippen molar-refractivity contribution in [2.45, 2.75) is 40.2 Å². The van der Waals surface area contributed by atoms with Crippen LogP contribution in [0.5, 0.6) is 0 Å². The Morgan fingerprint density at radius 3 is 2.50 bits per heavy atom. The van der Waals surface area contributed by atoms with E-state index in [1.54, 1.807) is 0 Å². The highest BCUT2D eigenvalue weighted by Crippen LogP contribution is 2.19. The van der Waals surface area contributed by atoms with Crippen LogP contribution in [-0.4, -0.2) is 21.9 Å². The molecule has 116 valence electrons. The van der Waals surface area contributed by atoms with Crippen molar-refractivity contribution in [2.75, 3.05) is 5.32 Å². The molecule has 0 saturated heterocycles. The lowest BCUT2D eigenvalue weighted by molar-refractivity contribution is 0.0938. The summed E-state index contributed by atoms with van der Waals surface area (Å²) < 4.78 is 0. The predicted molar refractivity (Wildman–Crippen MR) is 88.4 cm³/mol. The number of hydrogen-bond donors (Lipinski definition) is 2. The second kappa shape index (κ2) is 7.02. The Hall–Kier alpha value is -2.43. The number of amides is 1. The number of carbonyl (C=O) groups excluding carboxylic acids is 1. The number of carbonyl (C=O) groups is 1. The number of benzene rings is 1. The fourth-order valence-corrected chi connectivity index (χ4v) is 1.99. The highest BCUT2D eigenvalue weighted by Gasteiger charge is 2.10. The molecule has 5 heteroatoms. The number of rotatable bonds is 5. The van der Waals surface area contributed by atoms with Crippen molar-refractivity contribution in [3.63, 3.8) is 0 Å². The van der Waals surface area contributed by atoms with Crippen LogP contribution in [0.4, 0.5) is 11.6 Å². The number of aromatic nitrogens is 2. The minimum Gasteiger partial charge on any atom is -0.350 e. The second-order valence-electron chi connectivity index (χ2n) is 5.52. The molecule has 2 N–H and O–H groups in total. The summed E-state index contributed by atoms with van der Waals surface area (Å²) in [6.07, 6.45) is 3.96. The molecular weight excluding hydrogens is 276 g/mol. The number of hydrogen-bond acceptors (Lipinski definition) is 4. The summed E-state index contributed by atoms with van der Waals surface area (Å²) in [4.78, 5) is 20.4. The van der Waals surface area contributed by atoms with E-state index in [1.807, 2.05) is 32.9 Å². The van der Waals surface area contributed by atoms with Crippen molar-refractivity contribution < 1.29 is 4.79 Å². The average molecular weight is 298 g/mol. The van der Waals surface area contributed by atoms with Gasteiger partial charge in [-0.3, -0.25) is 4.79 Å². The van der Waals surface area contributed by atoms with Gasteiger partial charge in [-0.2, -0.15) is 0 Å². The van der Waals surface area contributed by atoms with Gasteiger partial charge in [0.2, 0.25) is 5.95 Å². The largest absolute Gasteiger partial charge is 0.350 e. The van der Waals surface area contributed by atoms with Gasteiger partial charge < -0.3 is 10.6 Å². The van der Waals surface area contributed by atoms with Crippen molar-refractivity contribution in [1.29, 1.82) is 0 Å². The van der Waals surface area contributed by atoms with Gasteiger partial charge in [0.1, 0.15) is 0 Å². The maximum absolute atomic E-state index is 12.0. The Bertz CT molecular complexity index is 652. The van der Waals surface area contributed by atoms with Crippen molar-refractivity contribution in [3.05, 3.63) is 47.3 Å². The zero-order valence-electron chi connectivity index (χ0n) is 13.5. The summed E-state index contributed by atoms with van der Waals surface area (Å²) in [7, 11) is 0. The van der Waals surface area contributed by atoms with Gasteiger partial charge in [0.15, 0.2) is 0 Å². The SMILES string of the molecule is CCC(C)NC(=O)c1cnc(Nc2ccc(C)cc2C)nc1. The molecule has 1 heterocycles. The lowest BCUT2D eigenvalue weighted by Gasteiger charge is -2.11. The van der Waals surface area contributed by atoms with Crippen LogP contribution in [0.15, 0.2) is 30.6 Å². The van der Waals surface area contributed by atoms with Gasteiger partial charge in [0, 0.05) is 24.1 Å². The minimum absolute atomic E-state index is 0.139. The molecule has 5 nitrogen and oxygen atoms in total. The van der Waals surface area contributed by atoms with Gasteiger partial charge in [0.05, 0.1) is 5.56 Å². The summed E-state index contributed by atoms with van der Waals surface area (Å²) in [6, 6.07) is 6.26. The van der Waals surface area contributed by atoms with E-state index in [0.29, 0.717) is 11.5 Å². The van der Waals surface area contributed by atoms with E-state index < -0.39 is 0 Å². The van der Waals surface area contributed by atoms with Crippen LogP contribution < -0.4 is 10.6 Å². The highest BCUT2D eigenvalue weighted by molar-refractivity contribution is 5.93. The zero-order valence-corrected chi connectivity index (χ0v) is 13.5. The van der Waals surface area contributed by atoms with Gasteiger partial charge in [-0.1, -0.05) is 24.6 Å². The van der Waals surface area contributed by atoms with Crippen molar-refractivity contribution in [2.24, 2.45) is 0 Å². The third kappa shape index (κ3) is 4.04. The average Bonchev–Trinajstić information content (AvgIpc) is 2.50. The molecule has 1 amide bonds. The number of aryl methyl sites for hydroxylation is 2. The topological polar surface area (TPSA) is 66.9 Å². The van der Waals surface area contributed by atoms with E-state index in [0.717, 1.165) is 17.7 Å². The van der Waals surface area contributed by atoms with E-state index in [9.17, 15) is 4.79 Å². The zero-order chi connectivity index (χ0) is 16.1. The Labute approximate surface area is 131 Å². The third-order valence-electron chi connectivity index (χ3n) is 3.53. The quantitative estimate of drug-likeness (QED) is 0.888. The molecular formula is C17H22N4O. The van der Waals surface area contributed by atoms with E-state index in [4.69, 9.17) is 0 Å². The molecule has 1 aromatic carbocycles. The first kappa shape index (κ1) is 15.9. The fraction of sp³-hybridized carbons (Fsp3) is 0.353. The molecule has 1 aromatic heterocycles. The van der Waals surface area contributed by atoms with E-state index in [-0.39, 0.29) is 11.9 Å². The third-order valence-corrected chi connectivity index (χ3v) is 3.53. The maximum Gasteiger partial charge on any atom is 0.254 e.